The van der Waals surface area contributed by atoms with Crippen LogP contribution >= 0.6 is 0 Å². The number of allylic oxidation sites excluding steroid dienone is 3. The summed E-state index contributed by atoms with van der Waals surface area (Å²) in [6.45, 7) is 13.3. The number of carboxylic acids is 1. The lowest BCUT2D eigenvalue weighted by molar-refractivity contribution is -0.240. The summed E-state index contributed by atoms with van der Waals surface area (Å²) in [5.74, 6) is 0.176. The van der Waals surface area contributed by atoms with Crippen LogP contribution in [0.3, 0.4) is 0 Å². The maximum atomic E-state index is 12.8. The van der Waals surface area contributed by atoms with E-state index < -0.39 is 29.0 Å². The van der Waals surface area contributed by atoms with Gasteiger partial charge in [0, 0.05) is 5.41 Å². The summed E-state index contributed by atoms with van der Waals surface area (Å²) < 4.78 is 0. The number of fused-ring (bicyclic) bond motifs is 7. The number of aliphatic hydroxyl groups is 3. The van der Waals surface area contributed by atoms with Crippen molar-refractivity contribution in [2.75, 3.05) is 6.61 Å². The zero-order valence-corrected chi connectivity index (χ0v) is 22.5. The molecule has 0 aromatic carbocycles. The van der Waals surface area contributed by atoms with Crippen molar-refractivity contribution in [3.63, 3.8) is 0 Å². The number of carboxylic acid groups (broad SMARTS) is 1. The lowest BCUT2D eigenvalue weighted by Gasteiger charge is -2.70. The highest BCUT2D eigenvalue weighted by atomic mass is 16.4. The van der Waals surface area contributed by atoms with Gasteiger partial charge in [0.25, 0.3) is 0 Å². The molecule has 196 valence electrons. The molecule has 0 saturated heterocycles. The van der Waals surface area contributed by atoms with Gasteiger partial charge in [-0.2, -0.15) is 0 Å². The molecule has 3 saturated carbocycles. The second-order valence-electron chi connectivity index (χ2n) is 14.0. The summed E-state index contributed by atoms with van der Waals surface area (Å²) in [6, 6.07) is 0. The van der Waals surface area contributed by atoms with E-state index in [9.17, 15) is 25.2 Å². The van der Waals surface area contributed by atoms with Crippen molar-refractivity contribution in [3.8, 4) is 0 Å². The van der Waals surface area contributed by atoms with Gasteiger partial charge in [-0.1, -0.05) is 46.3 Å². The van der Waals surface area contributed by atoms with Crippen LogP contribution in [0.1, 0.15) is 92.9 Å². The lowest BCUT2D eigenvalue weighted by Crippen LogP contribution is -2.67. The van der Waals surface area contributed by atoms with Crippen LogP contribution in [-0.2, 0) is 4.79 Å². The molecule has 5 rings (SSSR count). The number of aliphatic hydroxyl groups excluding tert-OH is 3. The quantitative estimate of drug-likeness (QED) is 0.435. The summed E-state index contributed by atoms with van der Waals surface area (Å²) in [5, 5.41) is 42.8. The normalized spacial score (nSPS) is 53.6. The van der Waals surface area contributed by atoms with Crippen LogP contribution in [0.15, 0.2) is 22.8 Å². The van der Waals surface area contributed by atoms with Gasteiger partial charge in [0.05, 0.1) is 24.2 Å². The first kappa shape index (κ1) is 25.5. The maximum absolute atomic E-state index is 12.8. The molecule has 0 aromatic rings. The van der Waals surface area contributed by atoms with Crippen LogP contribution in [0.2, 0.25) is 0 Å². The summed E-state index contributed by atoms with van der Waals surface area (Å²) in [7, 11) is 0. The fraction of sp³-hybridized carbons (Fsp3) is 0.833. The zero-order chi connectivity index (χ0) is 25.8. The SMILES string of the molecule is CC1=C2C3=CCC4C5(C)CC(O)C(O)C(C)(CO)C5CCC4(C)C3(C)CCC2(C(=O)O)CCC1C. The molecule has 5 heteroatoms. The molecule has 10 atom stereocenters. The Balaban J connectivity index is 1.66. The predicted octanol–water partition coefficient (Wildman–Crippen LogP) is 5.10. The van der Waals surface area contributed by atoms with Crippen LogP contribution in [0.5, 0.6) is 0 Å². The van der Waals surface area contributed by atoms with Gasteiger partial charge in [0.15, 0.2) is 0 Å². The summed E-state index contributed by atoms with van der Waals surface area (Å²) in [4.78, 5) is 12.8. The number of hydrogen-bond acceptors (Lipinski definition) is 4. The van der Waals surface area contributed by atoms with Crippen molar-refractivity contribution >= 4 is 5.97 Å². The number of hydrogen-bond donors (Lipinski definition) is 4. The second kappa shape index (κ2) is 7.68. The van der Waals surface area contributed by atoms with Gasteiger partial charge < -0.3 is 20.4 Å². The van der Waals surface area contributed by atoms with E-state index in [1.165, 1.54) is 11.1 Å². The molecule has 0 heterocycles. The van der Waals surface area contributed by atoms with Crippen molar-refractivity contribution in [2.24, 2.45) is 44.8 Å². The van der Waals surface area contributed by atoms with Crippen molar-refractivity contribution < 1.29 is 25.2 Å². The Morgan fingerprint density at radius 2 is 1.71 bits per heavy atom. The van der Waals surface area contributed by atoms with Crippen molar-refractivity contribution in [1.29, 1.82) is 0 Å². The number of carbonyl (C=O) groups is 1. The Morgan fingerprint density at radius 1 is 1.03 bits per heavy atom. The molecule has 35 heavy (non-hydrogen) atoms. The Kier molecular flexibility index (Phi) is 5.59. The van der Waals surface area contributed by atoms with Crippen molar-refractivity contribution in [2.45, 2.75) is 105 Å². The molecule has 0 aliphatic heterocycles. The monoisotopic (exact) mass is 486 g/mol. The Morgan fingerprint density at radius 3 is 2.34 bits per heavy atom. The molecule has 5 aliphatic rings. The largest absolute Gasteiger partial charge is 0.481 e. The third-order valence-corrected chi connectivity index (χ3v) is 12.9. The fourth-order valence-corrected chi connectivity index (χ4v) is 10.4. The topological polar surface area (TPSA) is 98.0 Å². The first-order chi connectivity index (χ1) is 16.2. The maximum Gasteiger partial charge on any atom is 0.314 e. The minimum absolute atomic E-state index is 0.0423. The van der Waals surface area contributed by atoms with Gasteiger partial charge in [-0.05, 0) is 103 Å². The molecule has 10 unspecified atom stereocenters. The molecule has 0 bridgehead atoms. The molecule has 0 spiro atoms. The highest BCUT2D eigenvalue weighted by Crippen LogP contribution is 2.75. The molecule has 0 aromatic heterocycles. The van der Waals surface area contributed by atoms with Crippen LogP contribution in [-0.4, -0.2) is 45.2 Å². The zero-order valence-electron chi connectivity index (χ0n) is 22.5. The van der Waals surface area contributed by atoms with Crippen molar-refractivity contribution in [1.82, 2.24) is 0 Å². The minimum atomic E-state index is -0.914. The van der Waals surface area contributed by atoms with Crippen molar-refractivity contribution in [3.05, 3.63) is 22.8 Å². The second-order valence-corrected chi connectivity index (χ2v) is 14.0. The van der Waals surface area contributed by atoms with E-state index in [0.29, 0.717) is 24.7 Å². The Hall–Kier alpha value is -1.17. The molecule has 3 fully saturated rings. The van der Waals surface area contributed by atoms with Crippen LogP contribution in [0.25, 0.3) is 0 Å². The highest BCUT2D eigenvalue weighted by molar-refractivity contribution is 5.82. The van der Waals surface area contributed by atoms with Crippen LogP contribution < -0.4 is 0 Å². The van der Waals surface area contributed by atoms with Gasteiger partial charge in [-0.25, -0.2) is 0 Å². The molecular formula is C30H46O5. The predicted molar refractivity (Wildman–Crippen MR) is 135 cm³/mol. The third kappa shape index (κ3) is 2.89. The van der Waals surface area contributed by atoms with Gasteiger partial charge in [-0.3, -0.25) is 4.79 Å². The van der Waals surface area contributed by atoms with Crippen LogP contribution in [0, 0.1) is 44.8 Å². The van der Waals surface area contributed by atoms with Crippen LogP contribution in [0.4, 0.5) is 0 Å². The standard InChI is InChI=1S/C30H46O5/c1-17-9-12-30(25(34)35)14-13-28(5)19(23(30)18(17)2)7-8-22-26(3)15-20(32)24(33)27(4,16-31)21(26)10-11-29(22,28)6/h7,17,20-22,24,31-33H,8-16H2,1-6H3,(H,34,35). The first-order valence-corrected chi connectivity index (χ1v) is 13.9. The number of aliphatic carboxylic acids is 1. The highest BCUT2D eigenvalue weighted by Gasteiger charge is 2.69. The number of rotatable bonds is 2. The molecule has 5 aliphatic carbocycles. The van der Waals surface area contributed by atoms with Gasteiger partial charge in [0.2, 0.25) is 0 Å². The van der Waals surface area contributed by atoms with E-state index in [4.69, 9.17) is 0 Å². The summed E-state index contributed by atoms with van der Waals surface area (Å²) >= 11 is 0. The molecular weight excluding hydrogens is 440 g/mol. The fourth-order valence-electron chi connectivity index (χ4n) is 10.4. The molecule has 0 radical (unpaired) electrons. The van der Waals surface area contributed by atoms with E-state index in [0.717, 1.165) is 44.1 Å². The smallest absolute Gasteiger partial charge is 0.314 e. The van der Waals surface area contributed by atoms with E-state index >= 15 is 0 Å². The average molecular weight is 487 g/mol. The van der Waals surface area contributed by atoms with E-state index in [1.807, 2.05) is 6.92 Å². The summed E-state index contributed by atoms with van der Waals surface area (Å²) in [5.41, 5.74) is 1.82. The third-order valence-electron chi connectivity index (χ3n) is 12.9. The molecule has 5 nitrogen and oxygen atoms in total. The average Bonchev–Trinajstić information content (AvgIpc) is 2.80. The van der Waals surface area contributed by atoms with E-state index in [2.05, 4.69) is 40.7 Å². The minimum Gasteiger partial charge on any atom is -0.481 e. The molecule has 0 amide bonds. The lowest BCUT2D eigenvalue weighted by atomic mass is 9.34. The van der Waals surface area contributed by atoms with E-state index in [-0.39, 0.29) is 28.8 Å². The Labute approximate surface area is 210 Å². The Bertz CT molecular complexity index is 999. The van der Waals surface area contributed by atoms with Gasteiger partial charge >= 0.3 is 5.97 Å². The van der Waals surface area contributed by atoms with Gasteiger partial charge in [-0.15, -0.1) is 0 Å². The molecule has 4 N–H and O–H groups in total. The first-order valence-electron chi connectivity index (χ1n) is 13.9. The van der Waals surface area contributed by atoms with E-state index in [1.54, 1.807) is 0 Å². The summed E-state index contributed by atoms with van der Waals surface area (Å²) in [6.07, 6.45) is 7.14. The van der Waals surface area contributed by atoms with Gasteiger partial charge in [0.1, 0.15) is 0 Å².